The predicted octanol–water partition coefficient (Wildman–Crippen LogP) is 3.24. The van der Waals surface area contributed by atoms with Gasteiger partial charge in [-0.3, -0.25) is 0 Å². The van der Waals surface area contributed by atoms with Crippen LogP contribution in [0.4, 0.5) is 13.2 Å². The lowest BCUT2D eigenvalue weighted by atomic mass is 9.77. The largest absolute Gasteiger partial charge is 0.391 e. The minimum absolute atomic E-state index is 0.0443. The summed E-state index contributed by atoms with van der Waals surface area (Å²) in [5.41, 5.74) is 5.57. The number of rotatable bonds is 2. The first kappa shape index (κ1) is 13.9. The van der Waals surface area contributed by atoms with Crippen molar-refractivity contribution in [2.75, 3.05) is 0 Å². The van der Waals surface area contributed by atoms with Gasteiger partial charge in [-0.1, -0.05) is 11.6 Å². The second-order valence-electron chi connectivity index (χ2n) is 6.07. The molecule has 0 aromatic carbocycles. The summed E-state index contributed by atoms with van der Waals surface area (Å²) in [6, 6.07) is 0. The third-order valence-electron chi connectivity index (χ3n) is 4.62. The molecule has 0 amide bonds. The minimum atomic E-state index is -4.13. The highest BCUT2D eigenvalue weighted by molar-refractivity contribution is 5.10. The predicted molar refractivity (Wildman–Crippen MR) is 64.8 cm³/mol. The van der Waals surface area contributed by atoms with Crippen LogP contribution < -0.4 is 5.73 Å². The molecule has 2 N–H and O–H groups in total. The Morgan fingerprint density at radius 3 is 2.55 bits per heavy atom. The zero-order chi connectivity index (χ0) is 14.4. The molecular weight excluding hydrogens is 271 g/mol. The number of hydrogen-bond acceptors (Lipinski definition) is 4. The molecule has 1 aromatic rings. The molecule has 1 aromatic heterocycles. The Kier molecular flexibility index (Phi) is 3.27. The van der Waals surface area contributed by atoms with Gasteiger partial charge in [-0.2, -0.15) is 18.2 Å². The molecule has 2 aliphatic carbocycles. The zero-order valence-corrected chi connectivity index (χ0v) is 11.1. The van der Waals surface area contributed by atoms with Crippen LogP contribution in [0.5, 0.6) is 0 Å². The van der Waals surface area contributed by atoms with Crippen molar-refractivity contribution in [2.45, 2.75) is 62.6 Å². The normalized spacial score (nSPS) is 30.0. The Morgan fingerprint density at radius 1 is 1.20 bits per heavy atom. The van der Waals surface area contributed by atoms with Gasteiger partial charge in [0.15, 0.2) is 5.82 Å². The lowest BCUT2D eigenvalue weighted by Crippen LogP contribution is -2.44. The van der Waals surface area contributed by atoms with Crippen molar-refractivity contribution in [1.29, 1.82) is 0 Å². The molecule has 1 heterocycles. The van der Waals surface area contributed by atoms with E-state index in [0.717, 1.165) is 19.3 Å². The first-order valence-corrected chi connectivity index (χ1v) is 7.08. The molecule has 0 radical (unpaired) electrons. The standard InChI is InChI=1S/C13H18F3N3O/c14-13(15,16)9-4-1-3-8(7-9)10-18-11(19-20-10)12(17)5-2-6-12/h8-9H,1-7,17H2. The molecule has 0 bridgehead atoms. The van der Waals surface area contributed by atoms with Gasteiger partial charge < -0.3 is 10.3 Å². The Hall–Kier alpha value is -1.11. The van der Waals surface area contributed by atoms with Gasteiger partial charge in [0.05, 0.1) is 11.5 Å². The summed E-state index contributed by atoms with van der Waals surface area (Å²) in [4.78, 5) is 4.27. The molecule has 2 atom stereocenters. The summed E-state index contributed by atoms with van der Waals surface area (Å²) in [5, 5.41) is 3.88. The fourth-order valence-electron chi connectivity index (χ4n) is 3.10. The van der Waals surface area contributed by atoms with E-state index in [9.17, 15) is 13.2 Å². The molecule has 2 fully saturated rings. The van der Waals surface area contributed by atoms with Gasteiger partial charge in [0.25, 0.3) is 0 Å². The summed E-state index contributed by atoms with van der Waals surface area (Å²) in [6.07, 6.45) is -0.0369. The van der Waals surface area contributed by atoms with Crippen molar-refractivity contribution >= 4 is 0 Å². The fourth-order valence-corrected chi connectivity index (χ4v) is 3.10. The van der Waals surface area contributed by atoms with Crippen LogP contribution in [0, 0.1) is 5.92 Å². The molecular formula is C13H18F3N3O. The van der Waals surface area contributed by atoms with Crippen LogP contribution in [-0.2, 0) is 5.54 Å². The summed E-state index contributed by atoms with van der Waals surface area (Å²) in [5.74, 6) is -0.772. The van der Waals surface area contributed by atoms with Crippen LogP contribution in [0.15, 0.2) is 4.52 Å². The van der Waals surface area contributed by atoms with E-state index in [-0.39, 0.29) is 18.8 Å². The van der Waals surface area contributed by atoms with Gasteiger partial charge in [-0.25, -0.2) is 0 Å². The number of alkyl halides is 3. The molecule has 0 spiro atoms. The maximum atomic E-state index is 12.8. The number of hydrogen-bond donors (Lipinski definition) is 1. The molecule has 0 aliphatic heterocycles. The van der Waals surface area contributed by atoms with E-state index >= 15 is 0 Å². The van der Waals surface area contributed by atoms with Crippen molar-refractivity contribution in [1.82, 2.24) is 10.1 Å². The van der Waals surface area contributed by atoms with Crippen molar-refractivity contribution in [2.24, 2.45) is 11.7 Å². The van der Waals surface area contributed by atoms with Crippen molar-refractivity contribution in [3.05, 3.63) is 11.7 Å². The van der Waals surface area contributed by atoms with Crippen molar-refractivity contribution in [3.63, 3.8) is 0 Å². The monoisotopic (exact) mass is 289 g/mol. The smallest absolute Gasteiger partial charge is 0.339 e. The average molecular weight is 289 g/mol. The summed E-state index contributed by atoms with van der Waals surface area (Å²) in [6.45, 7) is 0. The molecule has 7 heteroatoms. The summed E-state index contributed by atoms with van der Waals surface area (Å²) < 4.78 is 43.6. The molecule has 4 nitrogen and oxygen atoms in total. The van der Waals surface area contributed by atoms with E-state index in [1.807, 2.05) is 0 Å². The number of halogens is 3. The van der Waals surface area contributed by atoms with Gasteiger partial charge in [0.1, 0.15) is 0 Å². The fraction of sp³-hybridized carbons (Fsp3) is 0.846. The topological polar surface area (TPSA) is 64.9 Å². The van der Waals surface area contributed by atoms with Crippen molar-refractivity contribution in [3.8, 4) is 0 Å². The third-order valence-corrected chi connectivity index (χ3v) is 4.62. The lowest BCUT2D eigenvalue weighted by molar-refractivity contribution is -0.183. The van der Waals surface area contributed by atoms with Gasteiger partial charge in [0.2, 0.25) is 5.89 Å². The molecule has 2 aliphatic rings. The zero-order valence-electron chi connectivity index (χ0n) is 11.1. The van der Waals surface area contributed by atoms with Crippen molar-refractivity contribution < 1.29 is 17.7 Å². The first-order chi connectivity index (χ1) is 9.38. The third kappa shape index (κ3) is 2.43. The van der Waals surface area contributed by atoms with Crippen LogP contribution in [0.3, 0.4) is 0 Å². The second-order valence-corrected chi connectivity index (χ2v) is 6.07. The maximum Gasteiger partial charge on any atom is 0.391 e. The van der Waals surface area contributed by atoms with E-state index in [1.54, 1.807) is 0 Å². The Balaban J connectivity index is 1.73. The Labute approximate surface area is 114 Å². The molecule has 2 saturated carbocycles. The van der Waals surface area contributed by atoms with Crippen LogP contribution in [0.1, 0.15) is 62.6 Å². The minimum Gasteiger partial charge on any atom is -0.339 e. The van der Waals surface area contributed by atoms with Crippen LogP contribution >= 0.6 is 0 Å². The molecule has 20 heavy (non-hydrogen) atoms. The van der Waals surface area contributed by atoms with E-state index < -0.39 is 17.6 Å². The van der Waals surface area contributed by atoms with E-state index in [2.05, 4.69) is 10.1 Å². The van der Waals surface area contributed by atoms with Crippen LogP contribution in [0.25, 0.3) is 0 Å². The van der Waals surface area contributed by atoms with Gasteiger partial charge >= 0.3 is 6.18 Å². The molecule has 0 saturated heterocycles. The lowest BCUT2D eigenvalue weighted by Gasteiger charge is -2.34. The Morgan fingerprint density at radius 2 is 1.95 bits per heavy atom. The highest BCUT2D eigenvalue weighted by Gasteiger charge is 2.44. The first-order valence-electron chi connectivity index (χ1n) is 7.08. The van der Waals surface area contributed by atoms with Crippen LogP contribution in [-0.4, -0.2) is 16.3 Å². The second kappa shape index (κ2) is 4.72. The summed E-state index contributed by atoms with van der Waals surface area (Å²) >= 11 is 0. The highest BCUT2D eigenvalue weighted by Crippen LogP contribution is 2.44. The average Bonchev–Trinajstić information content (AvgIpc) is 2.85. The quantitative estimate of drug-likeness (QED) is 0.907. The van der Waals surface area contributed by atoms with E-state index in [4.69, 9.17) is 10.3 Å². The SMILES string of the molecule is NC1(c2noc(C3CCCC(C(F)(F)F)C3)n2)CCC1. The number of nitrogens with two attached hydrogens (primary N) is 1. The molecule has 3 rings (SSSR count). The number of aromatic nitrogens is 2. The van der Waals surface area contributed by atoms with E-state index in [0.29, 0.717) is 24.6 Å². The molecule has 2 unspecified atom stereocenters. The Bertz CT molecular complexity index is 481. The van der Waals surface area contributed by atoms with Gasteiger partial charge in [-0.05, 0) is 38.5 Å². The highest BCUT2D eigenvalue weighted by atomic mass is 19.4. The summed E-state index contributed by atoms with van der Waals surface area (Å²) in [7, 11) is 0. The van der Waals surface area contributed by atoms with E-state index in [1.165, 1.54) is 0 Å². The van der Waals surface area contributed by atoms with Gasteiger partial charge in [0, 0.05) is 5.92 Å². The molecule has 112 valence electrons. The number of nitrogens with zero attached hydrogens (tertiary/aromatic N) is 2. The maximum absolute atomic E-state index is 12.8. The van der Waals surface area contributed by atoms with Gasteiger partial charge in [-0.15, -0.1) is 0 Å². The van der Waals surface area contributed by atoms with Crippen LogP contribution in [0.2, 0.25) is 0 Å².